The average Bonchev–Trinajstić information content (AvgIpc) is 2.49. The molecular weight excluding hydrogens is 405 g/mol. The molecule has 4 nitrogen and oxygen atoms in total. The monoisotopic (exact) mass is 425 g/mol. The first kappa shape index (κ1) is 22.5. The Labute approximate surface area is 166 Å². The van der Waals surface area contributed by atoms with E-state index in [4.69, 9.17) is 39.5 Å². The zero-order valence-corrected chi connectivity index (χ0v) is 17.6. The summed E-state index contributed by atoms with van der Waals surface area (Å²) in [6.07, 6.45) is 2.89. The van der Waals surface area contributed by atoms with Crippen molar-refractivity contribution in [2.24, 2.45) is 0 Å². The molecule has 0 saturated heterocycles. The summed E-state index contributed by atoms with van der Waals surface area (Å²) >= 11 is 18.4. The van der Waals surface area contributed by atoms with Crippen LogP contribution in [0.1, 0.15) is 44.9 Å². The van der Waals surface area contributed by atoms with Crippen LogP contribution < -0.4 is 4.72 Å². The minimum absolute atomic E-state index is 0.285. The Kier molecular flexibility index (Phi) is 8.42. The van der Waals surface area contributed by atoms with Crippen molar-refractivity contribution in [3.05, 3.63) is 41.5 Å². The van der Waals surface area contributed by atoms with Gasteiger partial charge in [0.2, 0.25) is 3.79 Å². The van der Waals surface area contributed by atoms with E-state index < -0.39 is 31.5 Å². The van der Waals surface area contributed by atoms with Gasteiger partial charge in [0.1, 0.15) is 0 Å². The Balaban J connectivity index is 3.24. The van der Waals surface area contributed by atoms with Gasteiger partial charge in [-0.15, -0.1) is 0 Å². The highest BCUT2D eigenvalue weighted by molar-refractivity contribution is 7.84. The Bertz CT molecular complexity index is 651. The molecule has 0 spiro atoms. The molecule has 1 unspecified atom stereocenters. The van der Waals surface area contributed by atoms with Gasteiger partial charge in [0, 0.05) is 6.08 Å². The van der Waals surface area contributed by atoms with Gasteiger partial charge in [-0.05, 0) is 44.9 Å². The van der Waals surface area contributed by atoms with Gasteiger partial charge < -0.3 is 4.74 Å². The quantitative estimate of drug-likeness (QED) is 0.406. The average molecular weight is 427 g/mol. The van der Waals surface area contributed by atoms with E-state index in [1.165, 1.54) is 6.08 Å². The van der Waals surface area contributed by atoms with Crippen molar-refractivity contribution in [1.82, 2.24) is 4.72 Å². The largest absolute Gasteiger partial charge is 0.463 e. The van der Waals surface area contributed by atoms with Crippen LogP contribution in [0.3, 0.4) is 0 Å². The standard InChI is InChI=1S/C17H22Cl3NO3S/c1-5-24-14(22)11-10-12-8-6-7-9-13(12)15(17(18,19)20)21-25(23)16(2,3)4/h6-11,15,21H,5H2,1-4H3/b11-10+/t15-,25?/m0/s1. The van der Waals surface area contributed by atoms with E-state index in [2.05, 4.69) is 4.72 Å². The normalized spacial score (nSPS) is 15.2. The third-order valence-electron chi connectivity index (χ3n) is 3.10. The number of carbonyl (C=O) groups excluding carboxylic acids is 1. The number of rotatable bonds is 6. The number of hydrogen-bond acceptors (Lipinski definition) is 3. The molecule has 1 aromatic rings. The van der Waals surface area contributed by atoms with Crippen LogP contribution in [0, 0.1) is 0 Å². The van der Waals surface area contributed by atoms with Crippen molar-refractivity contribution in [2.45, 2.75) is 42.3 Å². The van der Waals surface area contributed by atoms with Crippen molar-refractivity contribution < 1.29 is 13.7 Å². The van der Waals surface area contributed by atoms with Gasteiger partial charge in [0.05, 0.1) is 28.4 Å². The SMILES string of the molecule is CCOC(=O)/C=C/c1ccccc1[C@H](NS(=O)C(C)(C)C)C(Cl)(Cl)Cl. The molecule has 0 radical (unpaired) electrons. The summed E-state index contributed by atoms with van der Waals surface area (Å²) in [5.41, 5.74) is 1.27. The Morgan fingerprint density at radius 2 is 1.88 bits per heavy atom. The summed E-state index contributed by atoms with van der Waals surface area (Å²) < 4.78 is 18.0. The van der Waals surface area contributed by atoms with Crippen LogP contribution in [0.4, 0.5) is 0 Å². The summed E-state index contributed by atoms with van der Waals surface area (Å²) in [6, 6.07) is 6.27. The van der Waals surface area contributed by atoms with Crippen LogP contribution in [-0.4, -0.2) is 25.3 Å². The number of alkyl halides is 3. The first-order valence-corrected chi connectivity index (χ1v) is 9.93. The van der Waals surface area contributed by atoms with Gasteiger partial charge in [0.15, 0.2) is 0 Å². The number of halogens is 3. The summed E-state index contributed by atoms with van der Waals surface area (Å²) in [6.45, 7) is 7.46. The summed E-state index contributed by atoms with van der Waals surface area (Å²) in [7, 11) is -1.46. The maximum Gasteiger partial charge on any atom is 0.330 e. The van der Waals surface area contributed by atoms with E-state index in [0.717, 1.165) is 0 Å². The van der Waals surface area contributed by atoms with Crippen LogP contribution in [0.5, 0.6) is 0 Å². The molecule has 1 rings (SSSR count). The Morgan fingerprint density at radius 1 is 1.28 bits per heavy atom. The van der Waals surface area contributed by atoms with Crippen LogP contribution in [0.2, 0.25) is 0 Å². The van der Waals surface area contributed by atoms with E-state index in [0.29, 0.717) is 11.1 Å². The molecule has 0 amide bonds. The molecule has 0 aliphatic rings. The van der Waals surface area contributed by atoms with Crippen molar-refractivity contribution in [2.75, 3.05) is 6.61 Å². The van der Waals surface area contributed by atoms with Crippen LogP contribution in [0.25, 0.3) is 6.08 Å². The first-order chi connectivity index (χ1) is 11.5. The molecule has 0 aromatic heterocycles. The Morgan fingerprint density at radius 3 is 2.40 bits per heavy atom. The molecule has 25 heavy (non-hydrogen) atoms. The summed E-state index contributed by atoms with van der Waals surface area (Å²) in [5, 5.41) is 0. The number of esters is 1. The van der Waals surface area contributed by atoms with E-state index in [-0.39, 0.29) is 6.61 Å². The molecule has 0 saturated carbocycles. The summed E-state index contributed by atoms with van der Waals surface area (Å²) in [4.78, 5) is 11.6. The first-order valence-electron chi connectivity index (χ1n) is 7.65. The second-order valence-electron chi connectivity index (χ2n) is 6.19. The second kappa shape index (κ2) is 9.38. The smallest absolute Gasteiger partial charge is 0.330 e. The van der Waals surface area contributed by atoms with E-state index >= 15 is 0 Å². The minimum Gasteiger partial charge on any atom is -0.463 e. The van der Waals surface area contributed by atoms with E-state index in [1.807, 2.05) is 20.8 Å². The van der Waals surface area contributed by atoms with Gasteiger partial charge in [-0.1, -0.05) is 59.1 Å². The number of carbonyl (C=O) groups is 1. The molecule has 0 bridgehead atoms. The third kappa shape index (κ3) is 7.27. The zero-order chi connectivity index (χ0) is 19.3. The van der Waals surface area contributed by atoms with Crippen LogP contribution in [0.15, 0.2) is 30.3 Å². The van der Waals surface area contributed by atoms with Gasteiger partial charge in [0.25, 0.3) is 0 Å². The van der Waals surface area contributed by atoms with Gasteiger partial charge >= 0.3 is 5.97 Å². The molecular formula is C17H22Cl3NO3S. The topological polar surface area (TPSA) is 55.4 Å². The van der Waals surface area contributed by atoms with Crippen LogP contribution >= 0.6 is 34.8 Å². The van der Waals surface area contributed by atoms with Gasteiger partial charge in [-0.3, -0.25) is 0 Å². The van der Waals surface area contributed by atoms with E-state index in [9.17, 15) is 9.00 Å². The fourth-order valence-corrected chi connectivity index (χ4v) is 3.45. The lowest BCUT2D eigenvalue weighted by atomic mass is 10.0. The maximum absolute atomic E-state index is 12.5. The highest BCUT2D eigenvalue weighted by Gasteiger charge is 2.37. The fourth-order valence-electron chi connectivity index (χ4n) is 1.86. The van der Waals surface area contributed by atoms with E-state index in [1.54, 1.807) is 37.3 Å². The van der Waals surface area contributed by atoms with Crippen molar-refractivity contribution in [1.29, 1.82) is 0 Å². The fraction of sp³-hybridized carbons (Fsp3) is 0.471. The lowest BCUT2D eigenvalue weighted by molar-refractivity contribution is -0.137. The molecule has 0 aliphatic heterocycles. The molecule has 8 heteroatoms. The molecule has 2 atom stereocenters. The van der Waals surface area contributed by atoms with Crippen LogP contribution in [-0.2, 0) is 20.5 Å². The molecule has 1 N–H and O–H groups in total. The van der Waals surface area contributed by atoms with Gasteiger partial charge in [-0.2, -0.15) is 0 Å². The van der Waals surface area contributed by atoms with Crippen molar-refractivity contribution in [3.8, 4) is 0 Å². The lowest BCUT2D eigenvalue weighted by Gasteiger charge is -2.30. The molecule has 0 fully saturated rings. The number of benzene rings is 1. The minimum atomic E-state index is -1.74. The predicted molar refractivity (Wildman–Crippen MR) is 106 cm³/mol. The van der Waals surface area contributed by atoms with Crippen molar-refractivity contribution in [3.63, 3.8) is 0 Å². The molecule has 0 aliphatic carbocycles. The number of nitrogens with one attached hydrogen (secondary N) is 1. The summed E-state index contributed by atoms with van der Waals surface area (Å²) in [5.74, 6) is -0.464. The maximum atomic E-state index is 12.5. The highest BCUT2D eigenvalue weighted by atomic mass is 35.6. The predicted octanol–water partition coefficient (Wildman–Crippen LogP) is 4.73. The lowest BCUT2D eigenvalue weighted by Crippen LogP contribution is -2.40. The molecule has 0 heterocycles. The number of ether oxygens (including phenoxy) is 1. The van der Waals surface area contributed by atoms with Gasteiger partial charge in [-0.25, -0.2) is 13.7 Å². The zero-order valence-electron chi connectivity index (χ0n) is 14.5. The number of hydrogen-bond donors (Lipinski definition) is 1. The molecule has 1 aromatic carbocycles. The third-order valence-corrected chi connectivity index (χ3v) is 5.32. The Hall–Kier alpha value is -0.590. The van der Waals surface area contributed by atoms with Crippen molar-refractivity contribution >= 4 is 57.8 Å². The molecule has 140 valence electrons. The highest BCUT2D eigenvalue weighted by Crippen LogP contribution is 2.41. The second-order valence-corrected chi connectivity index (χ2v) is 10.6.